The SMILES string of the molecule is C[C@]1(c2ccccc2)C[C@@H]1NS(=O)(=O)c1csc2ccc(-c3ccccc3)cc12.O=C(O)O. The smallest absolute Gasteiger partial charge is 0.450 e. The lowest BCUT2D eigenvalue weighted by molar-refractivity contribution is 0.137. The maximum absolute atomic E-state index is 13.2. The molecule has 3 aromatic carbocycles. The molecule has 1 saturated carbocycles. The first-order valence-corrected chi connectivity index (χ1v) is 12.6. The Morgan fingerprint density at radius 1 is 0.970 bits per heavy atom. The summed E-state index contributed by atoms with van der Waals surface area (Å²) < 4.78 is 30.4. The molecule has 1 heterocycles. The van der Waals surface area contributed by atoms with E-state index in [4.69, 9.17) is 15.0 Å². The van der Waals surface area contributed by atoms with E-state index in [1.165, 1.54) is 16.9 Å². The summed E-state index contributed by atoms with van der Waals surface area (Å²) in [5, 5.41) is 16.5. The summed E-state index contributed by atoms with van der Waals surface area (Å²) in [4.78, 5) is 8.93. The number of nitrogens with one attached hydrogen (secondary N) is 1. The topological polar surface area (TPSA) is 104 Å². The van der Waals surface area contributed by atoms with Crippen LogP contribution in [-0.4, -0.2) is 30.8 Å². The van der Waals surface area contributed by atoms with Crippen LogP contribution >= 0.6 is 11.3 Å². The molecule has 0 unspecified atom stereocenters. The Morgan fingerprint density at radius 3 is 2.21 bits per heavy atom. The highest BCUT2D eigenvalue weighted by molar-refractivity contribution is 7.90. The fourth-order valence-electron chi connectivity index (χ4n) is 3.95. The minimum Gasteiger partial charge on any atom is -0.450 e. The molecule has 0 bridgehead atoms. The van der Waals surface area contributed by atoms with Crippen molar-refractivity contribution < 1.29 is 23.4 Å². The van der Waals surface area contributed by atoms with E-state index < -0.39 is 16.2 Å². The summed E-state index contributed by atoms with van der Waals surface area (Å²) in [7, 11) is -3.60. The Bertz CT molecular complexity index is 1380. The van der Waals surface area contributed by atoms with Crippen molar-refractivity contribution in [2.24, 2.45) is 0 Å². The third-order valence-corrected chi connectivity index (χ3v) is 8.53. The molecule has 0 saturated heterocycles. The van der Waals surface area contributed by atoms with Gasteiger partial charge in [-0.3, -0.25) is 0 Å². The fourth-order valence-corrected chi connectivity index (χ4v) is 6.77. The minimum absolute atomic E-state index is 0.0813. The molecule has 4 aromatic rings. The molecule has 1 fully saturated rings. The molecule has 0 aliphatic heterocycles. The molecule has 1 aliphatic carbocycles. The monoisotopic (exact) mass is 481 g/mol. The summed E-state index contributed by atoms with van der Waals surface area (Å²) in [5.74, 6) is 0. The van der Waals surface area contributed by atoms with Crippen molar-refractivity contribution in [1.29, 1.82) is 0 Å². The van der Waals surface area contributed by atoms with E-state index in [-0.39, 0.29) is 11.5 Å². The van der Waals surface area contributed by atoms with Crippen molar-refractivity contribution in [1.82, 2.24) is 4.72 Å². The maximum Gasteiger partial charge on any atom is 0.503 e. The van der Waals surface area contributed by atoms with Crippen LogP contribution in [0.15, 0.2) is 89.1 Å². The van der Waals surface area contributed by atoms with Crippen molar-refractivity contribution in [3.63, 3.8) is 0 Å². The summed E-state index contributed by atoms with van der Waals surface area (Å²) in [6, 6.07) is 26.1. The Kier molecular flexibility index (Phi) is 6.25. The second-order valence-corrected chi connectivity index (χ2v) is 10.7. The van der Waals surface area contributed by atoms with Crippen LogP contribution in [0.25, 0.3) is 21.2 Å². The number of hydrogen-bond donors (Lipinski definition) is 3. The molecule has 6 nitrogen and oxygen atoms in total. The van der Waals surface area contributed by atoms with E-state index in [2.05, 4.69) is 23.8 Å². The highest BCUT2D eigenvalue weighted by Crippen LogP contribution is 2.48. The van der Waals surface area contributed by atoms with Gasteiger partial charge in [0.05, 0.1) is 0 Å². The predicted octanol–water partition coefficient (Wildman–Crippen LogP) is 5.80. The lowest BCUT2D eigenvalue weighted by Crippen LogP contribution is -2.30. The van der Waals surface area contributed by atoms with Crippen LogP contribution in [0.5, 0.6) is 0 Å². The largest absolute Gasteiger partial charge is 0.503 e. The van der Waals surface area contributed by atoms with Crippen LogP contribution in [-0.2, 0) is 15.4 Å². The van der Waals surface area contributed by atoms with Crippen molar-refractivity contribution >= 4 is 37.6 Å². The molecule has 5 rings (SSSR count). The van der Waals surface area contributed by atoms with Crippen LogP contribution in [0.2, 0.25) is 0 Å². The van der Waals surface area contributed by atoms with E-state index >= 15 is 0 Å². The van der Waals surface area contributed by atoms with Crippen molar-refractivity contribution in [2.45, 2.75) is 29.7 Å². The number of carbonyl (C=O) groups is 1. The van der Waals surface area contributed by atoms with Gasteiger partial charge in [0.2, 0.25) is 10.0 Å². The van der Waals surface area contributed by atoms with Crippen molar-refractivity contribution in [3.05, 3.63) is 89.8 Å². The van der Waals surface area contributed by atoms with Crippen molar-refractivity contribution in [3.8, 4) is 11.1 Å². The first-order valence-electron chi connectivity index (χ1n) is 10.3. The van der Waals surface area contributed by atoms with Gasteiger partial charge in [-0.25, -0.2) is 17.9 Å². The van der Waals surface area contributed by atoms with Gasteiger partial charge in [0.15, 0.2) is 0 Å². The Balaban J connectivity index is 0.000000601. The summed E-state index contributed by atoms with van der Waals surface area (Å²) in [5.41, 5.74) is 3.13. The number of sulfonamides is 1. The maximum atomic E-state index is 13.2. The van der Waals surface area contributed by atoms with Gasteiger partial charge in [-0.1, -0.05) is 73.7 Å². The van der Waals surface area contributed by atoms with Gasteiger partial charge >= 0.3 is 6.16 Å². The molecule has 1 aromatic heterocycles. The van der Waals surface area contributed by atoms with Gasteiger partial charge < -0.3 is 10.2 Å². The van der Waals surface area contributed by atoms with Gasteiger partial charge in [-0.15, -0.1) is 11.3 Å². The third kappa shape index (κ3) is 4.93. The lowest BCUT2D eigenvalue weighted by Gasteiger charge is -2.13. The Morgan fingerprint density at radius 2 is 1.58 bits per heavy atom. The third-order valence-electron chi connectivity index (χ3n) is 5.90. The summed E-state index contributed by atoms with van der Waals surface area (Å²) in [6.07, 6.45) is -1.02. The molecular weight excluding hydrogens is 458 g/mol. The second kappa shape index (κ2) is 8.97. The summed E-state index contributed by atoms with van der Waals surface area (Å²) >= 11 is 1.47. The first kappa shape index (κ1) is 23.0. The molecule has 2 atom stereocenters. The normalized spacial score (nSPS) is 19.5. The average molecular weight is 482 g/mol. The zero-order chi connectivity index (χ0) is 23.6. The van der Waals surface area contributed by atoms with E-state index in [0.29, 0.717) is 4.90 Å². The van der Waals surface area contributed by atoms with Gasteiger partial charge in [0.1, 0.15) is 4.90 Å². The van der Waals surface area contributed by atoms with Crippen LogP contribution in [0.4, 0.5) is 4.79 Å². The molecule has 8 heteroatoms. The quantitative estimate of drug-likeness (QED) is 0.334. The molecule has 0 spiro atoms. The van der Waals surface area contributed by atoms with Crippen molar-refractivity contribution in [2.75, 3.05) is 0 Å². The molecule has 0 amide bonds. The van der Waals surface area contributed by atoms with Gasteiger partial charge in [-0.05, 0) is 35.2 Å². The Labute approximate surface area is 196 Å². The van der Waals surface area contributed by atoms with E-state index in [1.54, 1.807) is 5.38 Å². The number of thiophene rings is 1. The molecule has 3 N–H and O–H groups in total. The first-order chi connectivity index (χ1) is 15.7. The lowest BCUT2D eigenvalue weighted by atomic mass is 9.98. The zero-order valence-corrected chi connectivity index (χ0v) is 19.4. The second-order valence-electron chi connectivity index (χ2n) is 8.12. The number of rotatable bonds is 5. The standard InChI is InChI=1S/C24H21NO2S2.CH2O3/c1-24(19-10-6-3-7-11-19)15-23(24)25-29(26,27)22-16-28-21-13-12-18(14-20(21)22)17-8-4-2-5-9-17;2-1(3)4/h2-14,16,23,25H,15H2,1H3;(H2,2,3,4)/t23-,24+;/m0./s1. The van der Waals surface area contributed by atoms with E-state index in [1.807, 2.05) is 66.7 Å². The highest BCUT2D eigenvalue weighted by atomic mass is 32.2. The van der Waals surface area contributed by atoms with Crippen LogP contribution in [0.3, 0.4) is 0 Å². The molecule has 170 valence electrons. The summed E-state index contributed by atoms with van der Waals surface area (Å²) in [6.45, 7) is 2.12. The molecular formula is C25H23NO5S2. The molecule has 33 heavy (non-hydrogen) atoms. The minimum atomic E-state index is -3.60. The van der Waals surface area contributed by atoms with Crippen LogP contribution < -0.4 is 4.72 Å². The van der Waals surface area contributed by atoms with Gasteiger partial charge in [0, 0.05) is 26.9 Å². The molecule has 0 radical (unpaired) electrons. The zero-order valence-electron chi connectivity index (χ0n) is 17.8. The number of hydrogen-bond acceptors (Lipinski definition) is 4. The van der Waals surface area contributed by atoms with Crippen LogP contribution in [0, 0.1) is 0 Å². The predicted molar refractivity (Wildman–Crippen MR) is 130 cm³/mol. The van der Waals surface area contributed by atoms with Crippen LogP contribution in [0.1, 0.15) is 18.9 Å². The fraction of sp³-hybridized carbons (Fsp3) is 0.160. The van der Waals surface area contributed by atoms with E-state index in [9.17, 15) is 8.42 Å². The van der Waals surface area contributed by atoms with Gasteiger partial charge in [0.25, 0.3) is 0 Å². The molecule has 1 aliphatic rings. The van der Waals surface area contributed by atoms with E-state index in [0.717, 1.165) is 27.6 Å². The number of benzene rings is 3. The highest BCUT2D eigenvalue weighted by Gasteiger charge is 2.53. The Hall–Kier alpha value is -3.20. The average Bonchev–Trinajstić information content (AvgIpc) is 3.24. The number of fused-ring (bicyclic) bond motifs is 1. The van der Waals surface area contributed by atoms with Gasteiger partial charge in [-0.2, -0.15) is 0 Å². The number of carboxylic acid groups (broad SMARTS) is 2.